The SMILES string of the molecule is CCNC(=NCc1cnn(-c2ccc(Cl)cc2)c1)NC(C)(C)C. The van der Waals surface area contributed by atoms with Gasteiger partial charge in [0.15, 0.2) is 5.96 Å². The van der Waals surface area contributed by atoms with Crippen LogP contribution in [0.25, 0.3) is 5.69 Å². The van der Waals surface area contributed by atoms with Crippen molar-refractivity contribution in [3.05, 3.63) is 47.2 Å². The molecule has 2 rings (SSSR count). The number of halogens is 1. The molecule has 5 nitrogen and oxygen atoms in total. The van der Waals surface area contributed by atoms with Gasteiger partial charge in [0.1, 0.15) is 0 Å². The van der Waals surface area contributed by atoms with Crippen LogP contribution < -0.4 is 10.6 Å². The van der Waals surface area contributed by atoms with Gasteiger partial charge in [-0.25, -0.2) is 9.67 Å². The van der Waals surface area contributed by atoms with Crippen molar-refractivity contribution in [2.24, 2.45) is 4.99 Å². The van der Waals surface area contributed by atoms with Gasteiger partial charge in [-0.3, -0.25) is 0 Å². The molecule has 0 fully saturated rings. The zero-order valence-corrected chi connectivity index (χ0v) is 14.9. The number of nitrogens with one attached hydrogen (secondary N) is 2. The zero-order chi connectivity index (χ0) is 16.9. The Bertz CT molecular complexity index is 652. The third-order valence-corrected chi connectivity index (χ3v) is 3.24. The van der Waals surface area contributed by atoms with Crippen molar-refractivity contribution in [1.29, 1.82) is 0 Å². The normalized spacial score (nSPS) is 12.3. The van der Waals surface area contributed by atoms with E-state index < -0.39 is 0 Å². The first-order valence-electron chi connectivity index (χ1n) is 7.73. The van der Waals surface area contributed by atoms with Gasteiger partial charge in [0, 0.05) is 28.9 Å². The molecule has 2 aromatic rings. The Balaban J connectivity index is 2.07. The maximum absolute atomic E-state index is 5.91. The second-order valence-electron chi connectivity index (χ2n) is 6.34. The van der Waals surface area contributed by atoms with Gasteiger partial charge in [-0.15, -0.1) is 0 Å². The van der Waals surface area contributed by atoms with E-state index in [9.17, 15) is 0 Å². The number of hydrogen-bond donors (Lipinski definition) is 2. The quantitative estimate of drug-likeness (QED) is 0.666. The first-order valence-corrected chi connectivity index (χ1v) is 8.11. The highest BCUT2D eigenvalue weighted by Gasteiger charge is 2.11. The van der Waals surface area contributed by atoms with Crippen molar-refractivity contribution in [2.45, 2.75) is 39.8 Å². The number of rotatable bonds is 4. The van der Waals surface area contributed by atoms with Crippen LogP contribution in [0, 0.1) is 0 Å². The molecule has 0 bridgehead atoms. The van der Waals surface area contributed by atoms with Crippen molar-refractivity contribution in [2.75, 3.05) is 6.54 Å². The second kappa shape index (κ2) is 7.51. The van der Waals surface area contributed by atoms with E-state index in [1.807, 2.05) is 41.3 Å². The fourth-order valence-corrected chi connectivity index (χ4v) is 2.14. The molecule has 0 aliphatic carbocycles. The van der Waals surface area contributed by atoms with Crippen LogP contribution in [-0.2, 0) is 6.54 Å². The zero-order valence-electron chi connectivity index (χ0n) is 14.1. The Labute approximate surface area is 142 Å². The van der Waals surface area contributed by atoms with Gasteiger partial charge in [0.05, 0.1) is 18.4 Å². The van der Waals surface area contributed by atoms with Crippen molar-refractivity contribution < 1.29 is 0 Å². The van der Waals surface area contributed by atoms with E-state index in [0.717, 1.165) is 23.8 Å². The Morgan fingerprint density at radius 1 is 1.26 bits per heavy atom. The van der Waals surface area contributed by atoms with E-state index in [1.165, 1.54) is 0 Å². The number of nitrogens with zero attached hydrogens (tertiary/aromatic N) is 3. The van der Waals surface area contributed by atoms with Gasteiger partial charge in [-0.1, -0.05) is 11.6 Å². The lowest BCUT2D eigenvalue weighted by atomic mass is 10.1. The third-order valence-electron chi connectivity index (χ3n) is 2.98. The van der Waals surface area contributed by atoms with Crippen LogP contribution in [0.4, 0.5) is 0 Å². The van der Waals surface area contributed by atoms with Gasteiger partial charge in [0.2, 0.25) is 0 Å². The van der Waals surface area contributed by atoms with Crippen molar-refractivity contribution in [3.8, 4) is 5.69 Å². The third kappa shape index (κ3) is 5.60. The van der Waals surface area contributed by atoms with Crippen LogP contribution in [-0.4, -0.2) is 27.8 Å². The maximum Gasteiger partial charge on any atom is 0.191 e. The van der Waals surface area contributed by atoms with Gasteiger partial charge in [0.25, 0.3) is 0 Å². The van der Waals surface area contributed by atoms with Crippen molar-refractivity contribution in [1.82, 2.24) is 20.4 Å². The predicted octanol–water partition coefficient (Wildman–Crippen LogP) is 3.38. The highest BCUT2D eigenvalue weighted by Crippen LogP contribution is 2.13. The average molecular weight is 334 g/mol. The molecule has 1 heterocycles. The summed E-state index contributed by atoms with van der Waals surface area (Å²) < 4.78 is 1.82. The summed E-state index contributed by atoms with van der Waals surface area (Å²) >= 11 is 5.91. The van der Waals surface area contributed by atoms with E-state index in [0.29, 0.717) is 11.6 Å². The van der Waals surface area contributed by atoms with Gasteiger partial charge < -0.3 is 10.6 Å². The number of benzene rings is 1. The Kier molecular flexibility index (Phi) is 5.66. The minimum absolute atomic E-state index is 0.0332. The molecule has 6 heteroatoms. The summed E-state index contributed by atoms with van der Waals surface area (Å²) in [6, 6.07) is 7.58. The summed E-state index contributed by atoms with van der Waals surface area (Å²) in [5, 5.41) is 11.7. The first kappa shape index (κ1) is 17.3. The van der Waals surface area contributed by atoms with E-state index in [4.69, 9.17) is 11.6 Å². The van der Waals surface area contributed by atoms with Crippen LogP contribution in [0.2, 0.25) is 5.02 Å². The van der Waals surface area contributed by atoms with Gasteiger partial charge >= 0.3 is 0 Å². The lowest BCUT2D eigenvalue weighted by Crippen LogP contribution is -2.47. The molecule has 2 N–H and O–H groups in total. The summed E-state index contributed by atoms with van der Waals surface area (Å²) in [5.74, 6) is 0.805. The molecule has 0 radical (unpaired) electrons. The van der Waals surface area contributed by atoms with Crippen LogP contribution in [0.3, 0.4) is 0 Å². The minimum Gasteiger partial charge on any atom is -0.357 e. The highest BCUT2D eigenvalue weighted by atomic mass is 35.5. The molecule has 0 spiro atoms. The molecule has 1 aromatic carbocycles. The Morgan fingerprint density at radius 2 is 1.96 bits per heavy atom. The monoisotopic (exact) mass is 333 g/mol. The minimum atomic E-state index is -0.0332. The molecule has 0 aliphatic heterocycles. The number of guanidine groups is 1. The van der Waals surface area contributed by atoms with Crippen molar-refractivity contribution >= 4 is 17.6 Å². The van der Waals surface area contributed by atoms with Gasteiger partial charge in [-0.2, -0.15) is 5.10 Å². The molecular formula is C17H24ClN5. The largest absolute Gasteiger partial charge is 0.357 e. The summed E-state index contributed by atoms with van der Waals surface area (Å²) in [6.45, 7) is 9.78. The van der Waals surface area contributed by atoms with E-state index >= 15 is 0 Å². The fourth-order valence-electron chi connectivity index (χ4n) is 2.01. The van der Waals surface area contributed by atoms with E-state index in [-0.39, 0.29) is 5.54 Å². The smallest absolute Gasteiger partial charge is 0.191 e. The Hall–Kier alpha value is -2.01. The number of aromatic nitrogens is 2. The van der Waals surface area contributed by atoms with Crippen LogP contribution >= 0.6 is 11.6 Å². The first-order chi connectivity index (χ1) is 10.9. The van der Waals surface area contributed by atoms with Crippen molar-refractivity contribution in [3.63, 3.8) is 0 Å². The fraction of sp³-hybridized carbons (Fsp3) is 0.412. The van der Waals surface area contributed by atoms with Crippen LogP contribution in [0.15, 0.2) is 41.7 Å². The molecule has 0 saturated carbocycles. The van der Waals surface area contributed by atoms with E-state index in [2.05, 4.69) is 48.4 Å². The second-order valence-corrected chi connectivity index (χ2v) is 6.78. The summed E-state index contributed by atoms with van der Waals surface area (Å²) in [5.41, 5.74) is 1.99. The molecule has 0 saturated heterocycles. The van der Waals surface area contributed by atoms with Crippen LogP contribution in [0.5, 0.6) is 0 Å². The molecular weight excluding hydrogens is 310 g/mol. The predicted molar refractivity (Wildman–Crippen MR) is 96.3 cm³/mol. The van der Waals surface area contributed by atoms with Crippen LogP contribution in [0.1, 0.15) is 33.3 Å². The lowest BCUT2D eigenvalue weighted by molar-refractivity contribution is 0.501. The van der Waals surface area contributed by atoms with Gasteiger partial charge in [-0.05, 0) is 52.0 Å². The highest BCUT2D eigenvalue weighted by molar-refractivity contribution is 6.30. The summed E-state index contributed by atoms with van der Waals surface area (Å²) in [4.78, 5) is 4.61. The van der Waals surface area contributed by atoms with E-state index in [1.54, 1.807) is 0 Å². The molecule has 0 aliphatic rings. The molecule has 23 heavy (non-hydrogen) atoms. The number of aliphatic imine (C=N–C) groups is 1. The Morgan fingerprint density at radius 3 is 2.57 bits per heavy atom. The average Bonchev–Trinajstić information content (AvgIpc) is 2.93. The maximum atomic E-state index is 5.91. The summed E-state index contributed by atoms with van der Waals surface area (Å²) in [7, 11) is 0. The summed E-state index contributed by atoms with van der Waals surface area (Å²) in [6.07, 6.45) is 3.81. The molecule has 0 atom stereocenters. The molecule has 1 aromatic heterocycles. The molecule has 124 valence electrons. The molecule has 0 amide bonds. The number of hydrogen-bond acceptors (Lipinski definition) is 2. The lowest BCUT2D eigenvalue weighted by Gasteiger charge is -2.23. The topological polar surface area (TPSA) is 54.2 Å². The molecule has 0 unspecified atom stereocenters. The standard InChI is InChI=1S/C17H24ClN5/c1-5-19-16(22-17(2,3)4)20-10-13-11-21-23(12-13)15-8-6-14(18)7-9-15/h6-9,11-12H,5,10H2,1-4H3,(H2,19,20,22).